The number of hydrogen-bond acceptors (Lipinski definition) is 2. The summed E-state index contributed by atoms with van der Waals surface area (Å²) >= 11 is 0. The number of para-hydroxylation sites is 2. The number of hydrogen-bond donors (Lipinski definition) is 0. The second kappa shape index (κ2) is 7.06. The minimum absolute atomic E-state index is 0.716. The van der Waals surface area contributed by atoms with Crippen LogP contribution in [0.15, 0.2) is 84.9 Å². The monoisotopic (exact) mass is 378 g/mol. The average Bonchev–Trinajstić information content (AvgIpc) is 3.26. The highest BCUT2D eigenvalue weighted by atomic mass is 15.3. The van der Waals surface area contributed by atoms with Crippen LogP contribution in [-0.2, 0) is 20.5 Å². The molecule has 0 saturated heterocycles. The Morgan fingerprint density at radius 3 is 2.03 bits per heavy atom. The molecule has 0 N–H and O–H groups in total. The van der Waals surface area contributed by atoms with E-state index in [1.165, 1.54) is 11.1 Å². The number of benzene rings is 3. The van der Waals surface area contributed by atoms with Gasteiger partial charge >= 0.3 is 0 Å². The highest BCUT2D eigenvalue weighted by Crippen LogP contribution is 2.33. The lowest BCUT2D eigenvalue weighted by Gasteiger charge is -2.09. The van der Waals surface area contributed by atoms with Crippen LogP contribution in [0.2, 0.25) is 0 Å². The summed E-state index contributed by atoms with van der Waals surface area (Å²) in [6.07, 6.45) is 0.716. The van der Waals surface area contributed by atoms with Crippen molar-refractivity contribution in [3.63, 3.8) is 0 Å². The molecule has 0 atom stereocenters. The van der Waals surface area contributed by atoms with Gasteiger partial charge in [0.25, 0.3) is 0 Å². The molecule has 2 aromatic heterocycles. The van der Waals surface area contributed by atoms with Gasteiger partial charge in [-0.3, -0.25) is 4.68 Å². The van der Waals surface area contributed by atoms with Gasteiger partial charge < -0.3 is 4.57 Å². The Morgan fingerprint density at radius 2 is 1.34 bits per heavy atom. The molecule has 5 rings (SSSR count). The molecular weight excluding hydrogens is 356 g/mol. The van der Waals surface area contributed by atoms with E-state index in [0.717, 1.165) is 33.8 Å². The van der Waals surface area contributed by atoms with Crippen molar-refractivity contribution < 1.29 is 0 Å². The van der Waals surface area contributed by atoms with Crippen LogP contribution in [0.1, 0.15) is 11.4 Å². The van der Waals surface area contributed by atoms with Crippen LogP contribution >= 0.6 is 0 Å². The van der Waals surface area contributed by atoms with E-state index in [-0.39, 0.29) is 0 Å². The fourth-order valence-corrected chi connectivity index (χ4v) is 4.03. The summed E-state index contributed by atoms with van der Waals surface area (Å²) < 4.78 is 4.18. The molecule has 2 heterocycles. The molecule has 0 unspecified atom stereocenters. The average molecular weight is 378 g/mol. The molecular formula is C25H22N4. The molecule has 142 valence electrons. The maximum atomic E-state index is 4.92. The van der Waals surface area contributed by atoms with Crippen molar-refractivity contribution in [3.8, 4) is 22.5 Å². The molecule has 0 amide bonds. The van der Waals surface area contributed by atoms with Crippen LogP contribution < -0.4 is 0 Å². The first-order chi connectivity index (χ1) is 14.2. The molecule has 29 heavy (non-hydrogen) atoms. The van der Waals surface area contributed by atoms with Crippen LogP contribution in [-0.4, -0.2) is 19.3 Å². The smallest absolute Gasteiger partial charge is 0.114 e. The number of imidazole rings is 1. The number of nitrogens with zero attached hydrogens (tertiary/aromatic N) is 4. The van der Waals surface area contributed by atoms with Crippen molar-refractivity contribution in [2.24, 2.45) is 14.1 Å². The lowest BCUT2D eigenvalue weighted by atomic mass is 9.99. The van der Waals surface area contributed by atoms with Crippen molar-refractivity contribution in [2.75, 3.05) is 0 Å². The van der Waals surface area contributed by atoms with E-state index in [2.05, 4.69) is 78.3 Å². The Morgan fingerprint density at radius 1 is 0.724 bits per heavy atom. The topological polar surface area (TPSA) is 35.6 Å². The van der Waals surface area contributed by atoms with Gasteiger partial charge in [0.05, 0.1) is 22.4 Å². The Hall–Kier alpha value is -3.66. The Labute approximate surface area is 170 Å². The van der Waals surface area contributed by atoms with Crippen molar-refractivity contribution in [1.29, 1.82) is 0 Å². The van der Waals surface area contributed by atoms with Crippen molar-refractivity contribution in [2.45, 2.75) is 6.42 Å². The molecule has 4 heteroatoms. The SMILES string of the molecule is Cn1nc(-c2ccccc2)c(Cc2nc3ccccc3n2C)c1-c1ccccc1. The molecule has 0 radical (unpaired) electrons. The normalized spacial score (nSPS) is 11.2. The largest absolute Gasteiger partial charge is 0.331 e. The third kappa shape index (κ3) is 3.03. The van der Waals surface area contributed by atoms with E-state index in [4.69, 9.17) is 10.1 Å². The zero-order valence-electron chi connectivity index (χ0n) is 16.6. The Kier molecular flexibility index (Phi) is 4.24. The van der Waals surface area contributed by atoms with Gasteiger partial charge in [-0.1, -0.05) is 72.8 Å². The predicted octanol–water partition coefficient (Wildman–Crippen LogP) is 5.23. The minimum atomic E-state index is 0.716. The fraction of sp³-hybridized carbons (Fsp3) is 0.120. The number of fused-ring (bicyclic) bond motifs is 1. The highest BCUT2D eigenvalue weighted by molar-refractivity contribution is 5.78. The zero-order chi connectivity index (χ0) is 19.8. The Bertz CT molecular complexity index is 1280. The second-order valence-corrected chi connectivity index (χ2v) is 7.28. The first-order valence-electron chi connectivity index (χ1n) is 9.79. The van der Waals surface area contributed by atoms with E-state index in [1.54, 1.807) is 0 Å². The molecule has 0 saturated carbocycles. The molecule has 4 nitrogen and oxygen atoms in total. The number of rotatable bonds is 4. The summed E-state index contributed by atoms with van der Waals surface area (Å²) in [5, 5.41) is 4.92. The van der Waals surface area contributed by atoms with Gasteiger partial charge in [-0.25, -0.2) is 4.98 Å². The molecule has 5 aromatic rings. The quantitative estimate of drug-likeness (QED) is 0.429. The first-order valence-corrected chi connectivity index (χ1v) is 9.79. The van der Waals surface area contributed by atoms with Crippen molar-refractivity contribution >= 4 is 11.0 Å². The fourth-order valence-electron chi connectivity index (χ4n) is 4.03. The van der Waals surface area contributed by atoms with Crippen LogP contribution in [0.5, 0.6) is 0 Å². The van der Waals surface area contributed by atoms with Gasteiger partial charge in [-0.2, -0.15) is 5.10 Å². The predicted molar refractivity (Wildman–Crippen MR) is 118 cm³/mol. The van der Waals surface area contributed by atoms with E-state index in [0.29, 0.717) is 6.42 Å². The van der Waals surface area contributed by atoms with E-state index in [9.17, 15) is 0 Å². The third-order valence-corrected chi connectivity index (χ3v) is 5.45. The summed E-state index contributed by atoms with van der Waals surface area (Å²) in [5.41, 5.74) is 7.81. The zero-order valence-corrected chi connectivity index (χ0v) is 16.6. The van der Waals surface area contributed by atoms with Crippen molar-refractivity contribution in [3.05, 3.63) is 96.3 Å². The third-order valence-electron chi connectivity index (χ3n) is 5.45. The molecule has 0 aliphatic heterocycles. The van der Waals surface area contributed by atoms with Gasteiger partial charge in [0.1, 0.15) is 5.82 Å². The maximum absolute atomic E-state index is 4.92. The summed E-state index contributed by atoms with van der Waals surface area (Å²) in [4.78, 5) is 4.91. The molecule has 3 aromatic carbocycles. The Balaban J connectivity index is 1.72. The maximum Gasteiger partial charge on any atom is 0.114 e. The van der Waals surface area contributed by atoms with Crippen LogP contribution in [0.25, 0.3) is 33.5 Å². The number of aromatic nitrogens is 4. The lowest BCUT2D eigenvalue weighted by molar-refractivity contribution is 0.778. The highest BCUT2D eigenvalue weighted by Gasteiger charge is 2.21. The molecule has 0 aliphatic rings. The number of aryl methyl sites for hydroxylation is 2. The van der Waals surface area contributed by atoms with Gasteiger partial charge in [0.2, 0.25) is 0 Å². The molecule has 0 aliphatic carbocycles. The summed E-state index contributed by atoms with van der Waals surface area (Å²) in [7, 11) is 4.11. The van der Waals surface area contributed by atoms with Crippen LogP contribution in [0, 0.1) is 0 Å². The molecule has 0 fully saturated rings. The van der Waals surface area contributed by atoms with Crippen molar-refractivity contribution in [1.82, 2.24) is 19.3 Å². The van der Waals surface area contributed by atoms with Gasteiger partial charge in [-0.15, -0.1) is 0 Å². The lowest BCUT2D eigenvalue weighted by Crippen LogP contribution is -2.02. The van der Waals surface area contributed by atoms with Crippen LogP contribution in [0.3, 0.4) is 0 Å². The van der Waals surface area contributed by atoms with E-state index < -0.39 is 0 Å². The van der Waals surface area contributed by atoms with Gasteiger partial charge in [-0.05, 0) is 12.1 Å². The van der Waals surface area contributed by atoms with E-state index in [1.807, 2.05) is 29.9 Å². The molecule has 0 bridgehead atoms. The van der Waals surface area contributed by atoms with E-state index >= 15 is 0 Å². The van der Waals surface area contributed by atoms with Gasteiger partial charge in [0.15, 0.2) is 0 Å². The summed E-state index contributed by atoms with van der Waals surface area (Å²) in [6, 6.07) is 29.2. The van der Waals surface area contributed by atoms with Gasteiger partial charge in [0, 0.05) is 37.2 Å². The molecule has 0 spiro atoms. The standard InChI is InChI=1S/C25H22N4/c1-28-22-16-10-9-15-21(22)26-23(28)17-20-24(18-11-5-3-6-12-18)27-29(2)25(20)19-13-7-4-8-14-19/h3-16H,17H2,1-2H3. The summed E-state index contributed by atoms with van der Waals surface area (Å²) in [6.45, 7) is 0. The first kappa shape index (κ1) is 17.4. The van der Waals surface area contributed by atoms with Crippen LogP contribution in [0.4, 0.5) is 0 Å². The summed E-state index contributed by atoms with van der Waals surface area (Å²) in [5.74, 6) is 1.04. The second-order valence-electron chi connectivity index (χ2n) is 7.28. The minimum Gasteiger partial charge on any atom is -0.331 e.